The number of anilines is 1. The number of fused-ring (bicyclic) bond motifs is 1. The minimum absolute atomic E-state index is 0.173. The molecule has 0 bridgehead atoms. The molecule has 1 aliphatic heterocycles. The molecule has 2 heterocycles. The van der Waals surface area contributed by atoms with Crippen LogP contribution in [-0.4, -0.2) is 31.7 Å². The Balaban J connectivity index is 2.13. The quantitative estimate of drug-likeness (QED) is 0.889. The van der Waals surface area contributed by atoms with Gasteiger partial charge in [-0.1, -0.05) is 6.07 Å². The summed E-state index contributed by atoms with van der Waals surface area (Å²) < 4.78 is 34.1. The van der Waals surface area contributed by atoms with E-state index < -0.39 is 15.1 Å². The molecule has 21 heavy (non-hydrogen) atoms. The molecular weight excluding hydrogens is 294 g/mol. The third kappa shape index (κ3) is 2.31. The van der Waals surface area contributed by atoms with Crippen LogP contribution in [0, 0.1) is 0 Å². The smallest absolute Gasteiger partial charge is 0.231 e. The lowest BCUT2D eigenvalue weighted by Crippen LogP contribution is -2.09. The maximum atomic E-state index is 11.8. The molecule has 7 nitrogen and oxygen atoms in total. The van der Waals surface area contributed by atoms with Crippen LogP contribution in [0.3, 0.4) is 0 Å². The molecule has 0 radical (unpaired) electrons. The second kappa shape index (κ2) is 4.66. The van der Waals surface area contributed by atoms with Gasteiger partial charge in [-0.3, -0.25) is 5.10 Å². The number of rotatable bonds is 3. The van der Waals surface area contributed by atoms with Crippen molar-refractivity contribution in [2.75, 3.05) is 18.8 Å². The lowest BCUT2D eigenvalue weighted by atomic mass is 10.0. The summed E-state index contributed by atoms with van der Waals surface area (Å²) in [4.78, 5) is 0. The van der Waals surface area contributed by atoms with Crippen molar-refractivity contribution < 1.29 is 17.9 Å². The standard InChI is InChI=1S/C13H15N3O4S/c1-7(21(2,17)18)12-11(13(14)16-15-12)8-3-4-9-10(5-8)20-6-19-9/h3-5,7H,6H2,1-2H3,(H3,14,15,16). The molecule has 3 N–H and O–H groups in total. The van der Waals surface area contributed by atoms with E-state index in [-0.39, 0.29) is 12.6 Å². The van der Waals surface area contributed by atoms with Crippen molar-refractivity contribution >= 4 is 15.7 Å². The first kappa shape index (κ1) is 13.7. The largest absolute Gasteiger partial charge is 0.454 e. The third-order valence-electron chi connectivity index (χ3n) is 3.53. The van der Waals surface area contributed by atoms with Crippen LogP contribution >= 0.6 is 0 Å². The van der Waals surface area contributed by atoms with Gasteiger partial charge in [0.05, 0.1) is 5.69 Å². The molecule has 3 rings (SSSR count). The van der Waals surface area contributed by atoms with Gasteiger partial charge in [0.2, 0.25) is 6.79 Å². The van der Waals surface area contributed by atoms with Gasteiger partial charge in [-0.05, 0) is 24.6 Å². The van der Waals surface area contributed by atoms with Gasteiger partial charge in [0.1, 0.15) is 5.25 Å². The molecule has 0 amide bonds. The van der Waals surface area contributed by atoms with Gasteiger partial charge in [0.25, 0.3) is 0 Å². The highest BCUT2D eigenvalue weighted by Gasteiger charge is 2.26. The second-order valence-electron chi connectivity index (χ2n) is 4.94. The number of aromatic amines is 1. The van der Waals surface area contributed by atoms with Crippen LogP contribution in [0.5, 0.6) is 11.5 Å². The first-order valence-corrected chi connectivity index (χ1v) is 8.26. The Morgan fingerprint density at radius 1 is 1.33 bits per heavy atom. The van der Waals surface area contributed by atoms with E-state index in [0.717, 1.165) is 5.56 Å². The number of hydrogen-bond acceptors (Lipinski definition) is 6. The molecule has 112 valence electrons. The summed E-state index contributed by atoms with van der Waals surface area (Å²) in [6.07, 6.45) is 1.18. The topological polar surface area (TPSA) is 107 Å². The predicted octanol–water partition coefficient (Wildman–Crippen LogP) is 1.49. The van der Waals surface area contributed by atoms with Gasteiger partial charge in [-0.15, -0.1) is 0 Å². The molecule has 0 spiro atoms. The maximum Gasteiger partial charge on any atom is 0.231 e. The van der Waals surface area contributed by atoms with Crippen molar-refractivity contribution in [2.24, 2.45) is 0 Å². The summed E-state index contributed by atoms with van der Waals surface area (Å²) >= 11 is 0. The zero-order valence-corrected chi connectivity index (χ0v) is 12.4. The van der Waals surface area contributed by atoms with Crippen LogP contribution in [0.4, 0.5) is 5.82 Å². The number of nitrogens with one attached hydrogen (secondary N) is 1. The van der Waals surface area contributed by atoms with Gasteiger partial charge < -0.3 is 15.2 Å². The van der Waals surface area contributed by atoms with E-state index in [1.165, 1.54) is 6.26 Å². The van der Waals surface area contributed by atoms with Crippen molar-refractivity contribution in [2.45, 2.75) is 12.2 Å². The minimum atomic E-state index is -3.27. The van der Waals surface area contributed by atoms with E-state index in [1.807, 2.05) is 0 Å². The van der Waals surface area contributed by atoms with Crippen LogP contribution < -0.4 is 15.2 Å². The van der Waals surface area contributed by atoms with Crippen LogP contribution in [0.15, 0.2) is 18.2 Å². The number of sulfone groups is 1. The molecule has 1 unspecified atom stereocenters. The summed E-state index contributed by atoms with van der Waals surface area (Å²) in [7, 11) is -3.27. The zero-order valence-electron chi connectivity index (χ0n) is 11.6. The summed E-state index contributed by atoms with van der Waals surface area (Å²) in [5, 5.41) is 5.92. The number of aromatic nitrogens is 2. The lowest BCUT2D eigenvalue weighted by molar-refractivity contribution is 0.174. The normalized spacial score (nSPS) is 15.1. The van der Waals surface area contributed by atoms with Gasteiger partial charge in [0, 0.05) is 11.8 Å². The van der Waals surface area contributed by atoms with E-state index in [4.69, 9.17) is 15.2 Å². The van der Waals surface area contributed by atoms with E-state index in [1.54, 1.807) is 25.1 Å². The van der Waals surface area contributed by atoms with Crippen LogP contribution in [0.1, 0.15) is 17.9 Å². The molecule has 2 aromatic rings. The Hall–Kier alpha value is -2.22. The predicted molar refractivity (Wildman–Crippen MR) is 77.8 cm³/mol. The van der Waals surface area contributed by atoms with Gasteiger partial charge in [-0.2, -0.15) is 5.10 Å². The molecule has 0 aliphatic carbocycles. The van der Waals surface area contributed by atoms with Crippen molar-refractivity contribution in [3.05, 3.63) is 23.9 Å². The number of ether oxygens (including phenoxy) is 2. The summed E-state index contributed by atoms with van der Waals surface area (Å²) in [6.45, 7) is 1.77. The molecule has 1 aromatic carbocycles. The molecule has 0 saturated carbocycles. The molecule has 8 heteroatoms. The van der Waals surface area contributed by atoms with Gasteiger partial charge in [-0.25, -0.2) is 8.42 Å². The van der Waals surface area contributed by atoms with Gasteiger partial charge >= 0.3 is 0 Å². The van der Waals surface area contributed by atoms with E-state index in [0.29, 0.717) is 22.8 Å². The van der Waals surface area contributed by atoms with E-state index in [9.17, 15) is 8.42 Å². The van der Waals surface area contributed by atoms with Crippen molar-refractivity contribution in [3.8, 4) is 22.6 Å². The van der Waals surface area contributed by atoms with Crippen molar-refractivity contribution in [3.63, 3.8) is 0 Å². The van der Waals surface area contributed by atoms with Gasteiger partial charge in [0.15, 0.2) is 27.2 Å². The lowest BCUT2D eigenvalue weighted by Gasteiger charge is -2.11. The Morgan fingerprint density at radius 2 is 2.05 bits per heavy atom. The average Bonchev–Trinajstić information content (AvgIpc) is 3.01. The zero-order chi connectivity index (χ0) is 15.2. The molecular formula is C13H15N3O4S. The SMILES string of the molecule is CC(c1[nH]nc(N)c1-c1ccc2c(c1)OCO2)S(C)(=O)=O. The number of nitrogens with zero attached hydrogens (tertiary/aromatic N) is 1. The summed E-state index contributed by atoms with van der Waals surface area (Å²) in [5.74, 6) is 1.50. The monoisotopic (exact) mass is 309 g/mol. The van der Waals surface area contributed by atoms with Crippen molar-refractivity contribution in [1.29, 1.82) is 0 Å². The maximum absolute atomic E-state index is 11.8. The first-order valence-electron chi connectivity index (χ1n) is 6.30. The molecule has 1 atom stereocenters. The third-order valence-corrected chi connectivity index (χ3v) is 5.05. The van der Waals surface area contributed by atoms with Crippen LogP contribution in [0.2, 0.25) is 0 Å². The summed E-state index contributed by atoms with van der Waals surface area (Å²) in [6, 6.07) is 5.33. The first-order chi connectivity index (χ1) is 9.88. The van der Waals surface area contributed by atoms with E-state index in [2.05, 4.69) is 10.2 Å². The minimum Gasteiger partial charge on any atom is -0.454 e. The second-order valence-corrected chi connectivity index (χ2v) is 7.30. The fourth-order valence-corrected chi connectivity index (χ4v) is 2.83. The molecule has 0 fully saturated rings. The number of nitrogen functional groups attached to an aromatic ring is 1. The molecule has 1 aliphatic rings. The van der Waals surface area contributed by atoms with Crippen molar-refractivity contribution in [1.82, 2.24) is 10.2 Å². The fourth-order valence-electron chi connectivity index (χ4n) is 2.23. The number of H-pyrrole nitrogens is 1. The highest BCUT2D eigenvalue weighted by Crippen LogP contribution is 2.40. The number of hydrogen-bond donors (Lipinski definition) is 2. The molecule has 0 saturated heterocycles. The Labute approximate surface area is 122 Å². The average molecular weight is 309 g/mol. The molecule has 1 aromatic heterocycles. The van der Waals surface area contributed by atoms with Crippen LogP contribution in [0.25, 0.3) is 11.1 Å². The van der Waals surface area contributed by atoms with E-state index >= 15 is 0 Å². The Morgan fingerprint density at radius 3 is 2.76 bits per heavy atom. The Bertz CT molecular complexity index is 798. The summed E-state index contributed by atoms with van der Waals surface area (Å²) in [5.41, 5.74) is 7.66. The highest BCUT2D eigenvalue weighted by atomic mass is 32.2. The van der Waals surface area contributed by atoms with Crippen LogP contribution in [-0.2, 0) is 9.84 Å². The number of nitrogens with two attached hydrogens (primary N) is 1. The highest BCUT2D eigenvalue weighted by molar-refractivity contribution is 7.90. The Kier molecular flexibility index (Phi) is 3.05. The number of benzene rings is 1. The fraction of sp³-hybridized carbons (Fsp3) is 0.308.